The minimum Gasteiger partial charge on any atom is -0.497 e. The van der Waals surface area contributed by atoms with Gasteiger partial charge in [0.25, 0.3) is 0 Å². The SMILES string of the molecule is CCc1nc2sc([C@@H](c3ccc(OC)cc3)[NH+]3CCC(C)CC3)c(O)n2n1. The molecule has 1 fully saturated rings. The molecule has 0 unspecified atom stereocenters. The fraction of sp³-hybridized carbons (Fsp3) is 0.500. The Morgan fingerprint density at radius 3 is 2.59 bits per heavy atom. The lowest BCUT2D eigenvalue weighted by atomic mass is 9.95. The average molecular weight is 388 g/mol. The number of piperidine rings is 1. The third kappa shape index (κ3) is 3.41. The lowest BCUT2D eigenvalue weighted by molar-refractivity contribution is -0.931. The molecular weight excluding hydrogens is 360 g/mol. The molecule has 0 amide bonds. The summed E-state index contributed by atoms with van der Waals surface area (Å²) in [5.41, 5.74) is 1.19. The second-order valence-corrected chi connectivity index (χ2v) is 8.42. The Kier molecular flexibility index (Phi) is 5.06. The number of hydrogen-bond donors (Lipinski definition) is 2. The van der Waals surface area contributed by atoms with E-state index in [-0.39, 0.29) is 11.9 Å². The van der Waals surface area contributed by atoms with Gasteiger partial charge in [0, 0.05) is 12.0 Å². The van der Waals surface area contributed by atoms with Crippen molar-refractivity contribution in [3.05, 3.63) is 40.5 Å². The minimum atomic E-state index is 0.0852. The quantitative estimate of drug-likeness (QED) is 0.706. The molecule has 3 heterocycles. The van der Waals surface area contributed by atoms with Gasteiger partial charge in [-0.05, 0) is 43.0 Å². The summed E-state index contributed by atoms with van der Waals surface area (Å²) in [6, 6.07) is 8.31. The molecule has 1 aliphatic heterocycles. The van der Waals surface area contributed by atoms with E-state index in [0.717, 1.165) is 46.8 Å². The molecule has 1 aliphatic rings. The van der Waals surface area contributed by atoms with Crippen LogP contribution in [0.5, 0.6) is 11.6 Å². The maximum Gasteiger partial charge on any atom is 0.235 e. The summed E-state index contributed by atoms with van der Waals surface area (Å²) in [4.78, 5) is 7.76. The summed E-state index contributed by atoms with van der Waals surface area (Å²) in [7, 11) is 1.68. The Morgan fingerprint density at radius 2 is 2.00 bits per heavy atom. The monoisotopic (exact) mass is 387 g/mol. The van der Waals surface area contributed by atoms with E-state index in [2.05, 4.69) is 29.1 Å². The van der Waals surface area contributed by atoms with Crippen LogP contribution in [0.1, 0.15) is 49.0 Å². The first-order valence-corrected chi connectivity index (χ1v) is 10.5. The molecule has 1 aromatic carbocycles. The summed E-state index contributed by atoms with van der Waals surface area (Å²) < 4.78 is 6.92. The molecule has 2 aromatic heterocycles. The highest BCUT2D eigenvalue weighted by atomic mass is 32.1. The Hall–Kier alpha value is -2.12. The number of rotatable bonds is 5. The Bertz CT molecular complexity index is 910. The van der Waals surface area contributed by atoms with Crippen molar-refractivity contribution in [2.45, 2.75) is 39.2 Å². The predicted octanol–water partition coefficient (Wildman–Crippen LogP) is 2.47. The van der Waals surface area contributed by atoms with Crippen molar-refractivity contribution < 1.29 is 14.7 Å². The first-order valence-electron chi connectivity index (χ1n) is 9.66. The highest BCUT2D eigenvalue weighted by Crippen LogP contribution is 2.35. The fourth-order valence-corrected chi connectivity index (χ4v) is 5.08. The molecule has 2 N–H and O–H groups in total. The van der Waals surface area contributed by atoms with Gasteiger partial charge in [-0.2, -0.15) is 4.52 Å². The van der Waals surface area contributed by atoms with Gasteiger partial charge in [0.05, 0.1) is 20.2 Å². The number of aromatic nitrogens is 3. The van der Waals surface area contributed by atoms with Crippen LogP contribution in [0.2, 0.25) is 0 Å². The largest absolute Gasteiger partial charge is 0.497 e. The molecule has 0 radical (unpaired) electrons. The minimum absolute atomic E-state index is 0.0852. The number of benzene rings is 1. The number of methoxy groups -OCH3 is 1. The number of aromatic hydroxyl groups is 1. The van der Waals surface area contributed by atoms with Gasteiger partial charge in [0.2, 0.25) is 10.8 Å². The summed E-state index contributed by atoms with van der Waals surface area (Å²) in [6.07, 6.45) is 3.19. The molecule has 0 saturated carbocycles. The molecule has 7 heteroatoms. The Morgan fingerprint density at radius 1 is 1.30 bits per heavy atom. The zero-order chi connectivity index (χ0) is 19.0. The summed E-state index contributed by atoms with van der Waals surface area (Å²) in [6.45, 7) is 6.55. The van der Waals surface area contributed by atoms with Gasteiger partial charge in [-0.3, -0.25) is 0 Å². The molecule has 144 valence electrons. The van der Waals surface area contributed by atoms with Crippen molar-refractivity contribution >= 4 is 16.3 Å². The molecular formula is C20H27N4O2S+. The molecule has 4 rings (SSSR count). The van der Waals surface area contributed by atoms with Crippen LogP contribution in [0, 0.1) is 5.92 Å². The summed E-state index contributed by atoms with van der Waals surface area (Å²) in [5, 5.41) is 15.4. The predicted molar refractivity (Wildman–Crippen MR) is 106 cm³/mol. The van der Waals surface area contributed by atoms with Gasteiger partial charge in [0.1, 0.15) is 10.6 Å². The second-order valence-electron chi connectivity index (χ2n) is 7.41. The van der Waals surface area contributed by atoms with Gasteiger partial charge in [-0.1, -0.05) is 25.2 Å². The lowest BCUT2D eigenvalue weighted by Gasteiger charge is -2.33. The molecule has 0 spiro atoms. The van der Waals surface area contributed by atoms with Gasteiger partial charge in [0.15, 0.2) is 11.9 Å². The normalized spacial score (nSPS) is 21.4. The van der Waals surface area contributed by atoms with Crippen LogP contribution in [0.4, 0.5) is 0 Å². The van der Waals surface area contributed by atoms with Crippen LogP contribution in [0.25, 0.3) is 4.96 Å². The second kappa shape index (κ2) is 7.48. The highest BCUT2D eigenvalue weighted by Gasteiger charge is 2.34. The summed E-state index contributed by atoms with van der Waals surface area (Å²) in [5.74, 6) is 2.62. The number of nitrogens with one attached hydrogen (secondary N) is 1. The number of fused-ring (bicyclic) bond motifs is 1. The number of hydrogen-bond acceptors (Lipinski definition) is 5. The van der Waals surface area contributed by atoms with E-state index in [1.165, 1.54) is 23.3 Å². The van der Waals surface area contributed by atoms with Crippen LogP contribution < -0.4 is 9.64 Å². The van der Waals surface area contributed by atoms with Crippen LogP contribution in [-0.2, 0) is 6.42 Å². The zero-order valence-corrected chi connectivity index (χ0v) is 16.9. The van der Waals surface area contributed by atoms with E-state index in [1.807, 2.05) is 19.1 Å². The van der Waals surface area contributed by atoms with Crippen molar-refractivity contribution in [2.24, 2.45) is 5.92 Å². The van der Waals surface area contributed by atoms with Gasteiger partial charge >= 0.3 is 0 Å². The number of nitrogens with zero attached hydrogens (tertiary/aromatic N) is 3. The number of ether oxygens (including phenoxy) is 1. The van der Waals surface area contributed by atoms with Crippen molar-refractivity contribution in [3.8, 4) is 11.6 Å². The van der Waals surface area contributed by atoms with Gasteiger partial charge in [-0.15, -0.1) is 5.10 Å². The van der Waals surface area contributed by atoms with Crippen molar-refractivity contribution in [2.75, 3.05) is 20.2 Å². The van der Waals surface area contributed by atoms with Crippen molar-refractivity contribution in [1.29, 1.82) is 0 Å². The smallest absolute Gasteiger partial charge is 0.235 e. The number of quaternary nitrogens is 1. The van der Waals surface area contributed by atoms with E-state index >= 15 is 0 Å². The molecule has 3 aromatic rings. The van der Waals surface area contributed by atoms with E-state index in [4.69, 9.17) is 4.74 Å². The topological polar surface area (TPSA) is 64.1 Å². The molecule has 1 saturated heterocycles. The Balaban J connectivity index is 1.77. The molecule has 6 nitrogen and oxygen atoms in total. The highest BCUT2D eigenvalue weighted by molar-refractivity contribution is 7.17. The van der Waals surface area contributed by atoms with E-state index < -0.39 is 0 Å². The van der Waals surface area contributed by atoms with Crippen LogP contribution in [-0.4, -0.2) is 39.9 Å². The number of aryl methyl sites for hydroxylation is 1. The van der Waals surface area contributed by atoms with Crippen LogP contribution >= 0.6 is 11.3 Å². The molecule has 1 atom stereocenters. The first-order chi connectivity index (χ1) is 13.1. The Labute approximate surface area is 163 Å². The molecule has 0 bridgehead atoms. The fourth-order valence-electron chi connectivity index (χ4n) is 3.92. The number of likely N-dealkylation sites (tertiary alicyclic amines) is 1. The van der Waals surface area contributed by atoms with Crippen LogP contribution in [0.15, 0.2) is 24.3 Å². The maximum atomic E-state index is 10.9. The lowest BCUT2D eigenvalue weighted by Crippen LogP contribution is -3.13. The van der Waals surface area contributed by atoms with Gasteiger partial charge < -0.3 is 14.7 Å². The number of thiazole rings is 1. The van der Waals surface area contributed by atoms with E-state index in [9.17, 15) is 5.11 Å². The van der Waals surface area contributed by atoms with Crippen LogP contribution in [0.3, 0.4) is 0 Å². The maximum absolute atomic E-state index is 10.9. The van der Waals surface area contributed by atoms with Gasteiger partial charge in [-0.25, -0.2) is 4.98 Å². The molecule has 27 heavy (non-hydrogen) atoms. The summed E-state index contributed by atoms with van der Waals surface area (Å²) >= 11 is 1.55. The zero-order valence-electron chi connectivity index (χ0n) is 16.1. The van der Waals surface area contributed by atoms with E-state index in [1.54, 1.807) is 23.0 Å². The van der Waals surface area contributed by atoms with Crippen molar-refractivity contribution in [1.82, 2.24) is 14.6 Å². The van der Waals surface area contributed by atoms with E-state index in [0.29, 0.717) is 0 Å². The average Bonchev–Trinajstić information content (AvgIpc) is 3.23. The van der Waals surface area contributed by atoms with Crippen molar-refractivity contribution in [3.63, 3.8) is 0 Å². The first kappa shape index (κ1) is 18.3. The molecule has 0 aliphatic carbocycles. The third-order valence-electron chi connectivity index (χ3n) is 5.60. The third-order valence-corrected chi connectivity index (χ3v) is 6.68. The standard InChI is InChI=1S/C20H26N4O2S/c1-4-16-21-20-24(22-16)19(25)18(27-20)17(23-11-9-13(2)10-12-23)14-5-7-15(26-3)8-6-14/h5-8,13,17,25H,4,9-12H2,1-3H3/p+1/t17-/m1/s1.